The number of thiazole rings is 1. The second kappa shape index (κ2) is 11.0. The molecule has 1 aromatic heterocycles. The third-order valence-electron chi connectivity index (χ3n) is 7.69. The van der Waals surface area contributed by atoms with Crippen molar-refractivity contribution in [3.63, 3.8) is 0 Å². The van der Waals surface area contributed by atoms with Crippen molar-refractivity contribution < 1.29 is 18.3 Å². The summed E-state index contributed by atoms with van der Waals surface area (Å²) in [7, 11) is 0. The first kappa shape index (κ1) is 25.4. The van der Waals surface area contributed by atoms with Gasteiger partial charge in [0.15, 0.2) is 0 Å². The summed E-state index contributed by atoms with van der Waals surface area (Å²) in [6.07, 6.45) is 4.61. The molecule has 5 rings (SSSR count). The Morgan fingerprint density at radius 1 is 1.08 bits per heavy atom. The molecule has 36 heavy (non-hydrogen) atoms. The maximum atomic E-state index is 13.5. The van der Waals surface area contributed by atoms with E-state index in [1.165, 1.54) is 24.3 Å². The highest BCUT2D eigenvalue weighted by Crippen LogP contribution is 2.32. The quantitative estimate of drug-likeness (QED) is 0.486. The molecule has 4 heterocycles. The van der Waals surface area contributed by atoms with Gasteiger partial charge >= 0.3 is 6.03 Å². The van der Waals surface area contributed by atoms with E-state index in [1.54, 1.807) is 21.1 Å². The molecule has 0 radical (unpaired) electrons. The Morgan fingerprint density at radius 2 is 1.81 bits per heavy atom. The highest BCUT2D eigenvalue weighted by molar-refractivity contribution is 7.15. The third-order valence-corrected chi connectivity index (χ3v) is 8.90. The van der Waals surface area contributed by atoms with Crippen LogP contribution in [0.2, 0.25) is 0 Å². The highest BCUT2D eigenvalue weighted by atomic mass is 32.1. The lowest BCUT2D eigenvalue weighted by atomic mass is 10.1. The van der Waals surface area contributed by atoms with Crippen LogP contribution in [0.1, 0.15) is 49.6 Å². The van der Waals surface area contributed by atoms with Crippen molar-refractivity contribution in [1.82, 2.24) is 19.7 Å². The van der Waals surface area contributed by atoms with Crippen LogP contribution in [0.15, 0.2) is 24.3 Å². The number of hydrogen-bond donors (Lipinski definition) is 0. The molecule has 196 valence electrons. The molecule has 0 saturated carbocycles. The molecule has 1 unspecified atom stereocenters. The topological polar surface area (TPSA) is 48.9 Å². The third kappa shape index (κ3) is 5.99. The SMILES string of the molecule is CC1CCCN1CCCOc1ccc(-c2nc3c(s2)CCN(C(=O)N2CCC(F)(F)CC2)CC3)cc1. The Kier molecular flexibility index (Phi) is 7.76. The molecule has 2 aromatic rings. The molecule has 0 spiro atoms. The highest BCUT2D eigenvalue weighted by Gasteiger charge is 2.37. The van der Waals surface area contributed by atoms with Gasteiger partial charge in [-0.25, -0.2) is 18.6 Å². The van der Waals surface area contributed by atoms with Gasteiger partial charge in [-0.05, 0) is 57.0 Å². The van der Waals surface area contributed by atoms with Crippen LogP contribution in [0.4, 0.5) is 13.6 Å². The minimum Gasteiger partial charge on any atom is -0.494 e. The minimum absolute atomic E-state index is 0.119. The van der Waals surface area contributed by atoms with Gasteiger partial charge in [0, 0.05) is 74.9 Å². The first-order valence-electron chi connectivity index (χ1n) is 13.3. The molecular formula is C27H36F2N4O2S. The number of ether oxygens (including phenoxy) is 1. The van der Waals surface area contributed by atoms with E-state index in [1.807, 2.05) is 12.1 Å². The summed E-state index contributed by atoms with van der Waals surface area (Å²) in [6, 6.07) is 8.75. The van der Waals surface area contributed by atoms with Crippen LogP contribution in [0.3, 0.4) is 0 Å². The fourth-order valence-corrected chi connectivity index (χ4v) is 6.48. The number of alkyl halides is 2. The number of amides is 2. The van der Waals surface area contributed by atoms with Crippen molar-refractivity contribution in [2.24, 2.45) is 0 Å². The molecular weight excluding hydrogens is 482 g/mol. The molecule has 2 amide bonds. The van der Waals surface area contributed by atoms with Gasteiger partial charge in [-0.3, -0.25) is 0 Å². The maximum absolute atomic E-state index is 13.5. The second-order valence-electron chi connectivity index (χ2n) is 10.3. The van der Waals surface area contributed by atoms with E-state index in [9.17, 15) is 13.6 Å². The minimum atomic E-state index is -2.64. The molecule has 1 aromatic carbocycles. The van der Waals surface area contributed by atoms with Crippen molar-refractivity contribution in [3.05, 3.63) is 34.8 Å². The Hall–Kier alpha value is -2.26. The molecule has 2 fully saturated rings. The van der Waals surface area contributed by atoms with E-state index >= 15 is 0 Å². The average molecular weight is 519 g/mol. The number of likely N-dealkylation sites (tertiary alicyclic amines) is 2. The van der Waals surface area contributed by atoms with Gasteiger partial charge in [-0.15, -0.1) is 11.3 Å². The molecule has 3 aliphatic rings. The predicted molar refractivity (Wildman–Crippen MR) is 138 cm³/mol. The van der Waals surface area contributed by atoms with Crippen LogP contribution < -0.4 is 4.74 Å². The lowest BCUT2D eigenvalue weighted by Crippen LogP contribution is -2.49. The molecule has 1 atom stereocenters. The maximum Gasteiger partial charge on any atom is 0.320 e. The number of carbonyl (C=O) groups excluding carboxylic acids is 1. The van der Waals surface area contributed by atoms with E-state index < -0.39 is 5.92 Å². The smallest absolute Gasteiger partial charge is 0.320 e. The van der Waals surface area contributed by atoms with Gasteiger partial charge in [0.25, 0.3) is 5.92 Å². The Labute approximate surface area is 216 Å². The van der Waals surface area contributed by atoms with Crippen molar-refractivity contribution in [3.8, 4) is 16.3 Å². The molecule has 9 heteroatoms. The standard InChI is InChI=1S/C27H36F2N4O2S/c1-20-4-2-13-31(20)14-3-19-35-22-7-5-21(6-8-22)25-30-23-9-15-32(16-10-24(23)36-25)26(34)33-17-11-27(28,29)12-18-33/h5-8,20H,2-4,9-19H2,1H3. The molecule has 3 aliphatic heterocycles. The van der Waals surface area contributed by atoms with Crippen LogP contribution in [-0.2, 0) is 12.8 Å². The van der Waals surface area contributed by atoms with Crippen molar-refractivity contribution in [2.75, 3.05) is 45.9 Å². The summed E-state index contributed by atoms with van der Waals surface area (Å²) in [5.74, 6) is -1.76. The summed E-state index contributed by atoms with van der Waals surface area (Å²) < 4.78 is 32.9. The zero-order valence-electron chi connectivity index (χ0n) is 21.1. The number of piperidine rings is 1. The number of hydrogen-bond acceptors (Lipinski definition) is 5. The van der Waals surface area contributed by atoms with Crippen LogP contribution in [0.25, 0.3) is 10.6 Å². The number of benzene rings is 1. The van der Waals surface area contributed by atoms with Gasteiger partial charge in [0.2, 0.25) is 0 Å². The first-order chi connectivity index (χ1) is 17.4. The predicted octanol–water partition coefficient (Wildman–Crippen LogP) is 5.32. The van der Waals surface area contributed by atoms with Crippen molar-refractivity contribution in [1.29, 1.82) is 0 Å². The lowest BCUT2D eigenvalue weighted by Gasteiger charge is -2.35. The number of nitrogens with zero attached hydrogens (tertiary/aromatic N) is 4. The van der Waals surface area contributed by atoms with Crippen LogP contribution in [-0.4, -0.2) is 83.6 Å². The summed E-state index contributed by atoms with van der Waals surface area (Å²) in [5, 5.41) is 0.993. The van der Waals surface area contributed by atoms with Gasteiger partial charge < -0.3 is 19.4 Å². The number of halogens is 2. The molecule has 6 nitrogen and oxygen atoms in total. The van der Waals surface area contributed by atoms with Crippen molar-refractivity contribution >= 4 is 17.4 Å². The largest absolute Gasteiger partial charge is 0.494 e. The number of carbonyl (C=O) groups is 1. The van der Waals surface area contributed by atoms with E-state index in [0.29, 0.717) is 25.6 Å². The van der Waals surface area contributed by atoms with Crippen LogP contribution in [0.5, 0.6) is 5.75 Å². The van der Waals surface area contributed by atoms with E-state index in [2.05, 4.69) is 24.0 Å². The Morgan fingerprint density at radius 3 is 2.53 bits per heavy atom. The first-order valence-corrected chi connectivity index (χ1v) is 14.1. The monoisotopic (exact) mass is 518 g/mol. The molecule has 0 N–H and O–H groups in total. The van der Waals surface area contributed by atoms with Gasteiger partial charge in [0.1, 0.15) is 10.8 Å². The fraction of sp³-hybridized carbons (Fsp3) is 0.630. The summed E-state index contributed by atoms with van der Waals surface area (Å²) in [6.45, 7) is 6.77. The van der Waals surface area contributed by atoms with Gasteiger partial charge in [-0.1, -0.05) is 0 Å². The number of fused-ring (bicyclic) bond motifs is 1. The lowest BCUT2D eigenvalue weighted by molar-refractivity contribution is -0.0490. The van der Waals surface area contributed by atoms with Gasteiger partial charge in [-0.2, -0.15) is 0 Å². The zero-order chi connectivity index (χ0) is 25.1. The summed E-state index contributed by atoms with van der Waals surface area (Å²) in [4.78, 5) is 24.9. The van der Waals surface area contributed by atoms with E-state index in [4.69, 9.17) is 9.72 Å². The molecule has 0 aliphatic carbocycles. The van der Waals surface area contributed by atoms with Crippen LogP contribution >= 0.6 is 11.3 Å². The van der Waals surface area contributed by atoms with E-state index in [-0.39, 0.29) is 32.0 Å². The Balaban J connectivity index is 1.11. The fourth-order valence-electron chi connectivity index (χ4n) is 5.38. The number of rotatable bonds is 6. The van der Waals surface area contributed by atoms with Gasteiger partial charge in [0.05, 0.1) is 12.3 Å². The second-order valence-corrected chi connectivity index (χ2v) is 11.3. The summed E-state index contributed by atoms with van der Waals surface area (Å²) >= 11 is 1.68. The number of urea groups is 1. The van der Waals surface area contributed by atoms with Crippen molar-refractivity contribution in [2.45, 2.75) is 63.8 Å². The molecule has 0 bridgehead atoms. The Bertz CT molecular complexity index is 1010. The molecule has 2 saturated heterocycles. The summed E-state index contributed by atoms with van der Waals surface area (Å²) in [5.41, 5.74) is 2.13. The normalized spacial score (nSPS) is 22.4. The zero-order valence-corrected chi connectivity index (χ0v) is 21.9. The number of aromatic nitrogens is 1. The van der Waals surface area contributed by atoms with E-state index in [0.717, 1.165) is 48.0 Å². The van der Waals surface area contributed by atoms with Crippen LogP contribution in [0, 0.1) is 0 Å². The average Bonchev–Trinajstić information content (AvgIpc) is 3.42.